The quantitative estimate of drug-likeness (QED) is 0.0968. The number of alkyl halides is 3. The molecule has 42 heavy (non-hydrogen) atoms. The van der Waals surface area contributed by atoms with E-state index in [4.69, 9.17) is 4.84 Å². The summed E-state index contributed by atoms with van der Waals surface area (Å²) >= 11 is 3.15. The van der Waals surface area contributed by atoms with Crippen LogP contribution in [0.25, 0.3) is 0 Å². The molecule has 2 unspecified atom stereocenters. The van der Waals surface area contributed by atoms with Crippen LogP contribution in [-0.4, -0.2) is 95.0 Å². The number of nitrogens with zero attached hydrogens (tertiary/aromatic N) is 5. The van der Waals surface area contributed by atoms with Crippen LogP contribution < -0.4 is 10.6 Å². The summed E-state index contributed by atoms with van der Waals surface area (Å²) in [5, 5.41) is 28.4. The first-order chi connectivity index (χ1) is 20.0. The Morgan fingerprint density at radius 1 is 1.33 bits per heavy atom. The number of thiazole rings is 1. The van der Waals surface area contributed by atoms with Crippen LogP contribution in [0.1, 0.15) is 18.5 Å². The molecule has 0 aromatic carbocycles. The Labute approximate surface area is 246 Å². The fourth-order valence-electron chi connectivity index (χ4n) is 4.05. The second-order valence-electron chi connectivity index (χ2n) is 8.81. The molecular formula is C22H19F3N8O6S3. The Balaban J connectivity index is 1.32. The van der Waals surface area contributed by atoms with Crippen molar-refractivity contribution in [1.29, 1.82) is 0 Å². The van der Waals surface area contributed by atoms with Gasteiger partial charge in [0, 0.05) is 16.9 Å². The predicted octanol–water partition coefficient (Wildman–Crippen LogP) is 1.73. The molecule has 20 heteroatoms. The van der Waals surface area contributed by atoms with Gasteiger partial charge in [-0.15, -0.1) is 40.0 Å². The molecule has 14 nitrogen and oxygen atoms in total. The van der Waals surface area contributed by atoms with Gasteiger partial charge in [0.25, 0.3) is 11.8 Å². The molecule has 0 saturated carbocycles. The van der Waals surface area contributed by atoms with E-state index >= 15 is 0 Å². The van der Waals surface area contributed by atoms with Gasteiger partial charge in [0.1, 0.15) is 33.9 Å². The van der Waals surface area contributed by atoms with Gasteiger partial charge in [-0.1, -0.05) is 16.4 Å². The van der Waals surface area contributed by atoms with Crippen molar-refractivity contribution in [3.8, 4) is 0 Å². The zero-order valence-corrected chi connectivity index (χ0v) is 23.4. The molecule has 1 fully saturated rings. The number of allylic oxidation sites excluding steroid dienone is 1. The van der Waals surface area contributed by atoms with E-state index in [-0.39, 0.29) is 22.9 Å². The van der Waals surface area contributed by atoms with Crippen LogP contribution in [0.2, 0.25) is 0 Å². The van der Waals surface area contributed by atoms with Crippen molar-refractivity contribution in [2.45, 2.75) is 41.6 Å². The second-order valence-corrected chi connectivity index (χ2v) is 11.8. The van der Waals surface area contributed by atoms with Crippen molar-refractivity contribution in [1.82, 2.24) is 30.6 Å². The molecule has 0 bridgehead atoms. The molecule has 0 spiro atoms. The Morgan fingerprint density at radius 3 is 2.81 bits per heavy atom. The number of thioether (sulfide) groups is 2. The number of aliphatic carboxylic acids is 1. The van der Waals surface area contributed by atoms with E-state index in [1.54, 1.807) is 11.4 Å². The summed E-state index contributed by atoms with van der Waals surface area (Å²) < 4.78 is 38.0. The number of carbonyl (C=O) groups excluding carboxylic acids is 3. The highest BCUT2D eigenvalue weighted by atomic mass is 32.2. The normalized spacial score (nSPS) is 22.1. The van der Waals surface area contributed by atoms with Crippen molar-refractivity contribution < 1.29 is 42.3 Å². The number of aromatic nitrogens is 4. The summed E-state index contributed by atoms with van der Waals surface area (Å²) in [7, 11) is 0. The molecule has 2 aromatic rings. The third kappa shape index (κ3) is 6.28. The molecule has 4 N–H and O–H groups in total. The molecule has 4 heterocycles. The van der Waals surface area contributed by atoms with E-state index in [1.807, 2.05) is 6.08 Å². The molecule has 3 aliphatic rings. The van der Waals surface area contributed by atoms with E-state index in [1.165, 1.54) is 35.1 Å². The number of halogens is 3. The van der Waals surface area contributed by atoms with E-state index < -0.39 is 58.2 Å². The Bertz CT molecular complexity index is 1490. The highest BCUT2D eigenvalue weighted by Crippen LogP contribution is 2.41. The van der Waals surface area contributed by atoms with E-state index in [2.05, 4.69) is 30.9 Å². The molecule has 1 saturated heterocycles. The number of fused-ring (bicyclic) bond motifs is 1. The van der Waals surface area contributed by atoms with Gasteiger partial charge in [-0.2, -0.15) is 13.2 Å². The summed E-state index contributed by atoms with van der Waals surface area (Å²) in [6.07, 6.45) is 0.745. The Morgan fingerprint density at radius 2 is 2.14 bits per heavy atom. The summed E-state index contributed by atoms with van der Waals surface area (Å²) in [5.74, 6) is -4.61. The molecule has 3 atom stereocenters. The third-order valence-electron chi connectivity index (χ3n) is 6.02. The minimum Gasteiger partial charge on any atom is -0.477 e. The van der Waals surface area contributed by atoms with Gasteiger partial charge in [-0.05, 0) is 24.5 Å². The molecule has 2 aromatic heterocycles. The van der Waals surface area contributed by atoms with Crippen LogP contribution in [0.4, 0.5) is 18.3 Å². The summed E-state index contributed by atoms with van der Waals surface area (Å²) in [6.45, 7) is 0. The lowest BCUT2D eigenvalue weighted by molar-refractivity contribution is -0.167. The topological polar surface area (TPSA) is 192 Å². The van der Waals surface area contributed by atoms with Gasteiger partial charge in [-0.3, -0.25) is 29.7 Å². The number of hydrogen-bond donors (Lipinski definition) is 4. The molecule has 3 amide bonds. The van der Waals surface area contributed by atoms with Crippen molar-refractivity contribution in [3.63, 3.8) is 0 Å². The lowest BCUT2D eigenvalue weighted by Crippen LogP contribution is -2.71. The van der Waals surface area contributed by atoms with Crippen LogP contribution in [-0.2, 0) is 24.0 Å². The molecular weight excluding hydrogens is 625 g/mol. The van der Waals surface area contributed by atoms with Crippen LogP contribution in [0.15, 0.2) is 45.2 Å². The molecule has 222 valence electrons. The number of amides is 3. The first kappa shape index (κ1) is 29.6. The van der Waals surface area contributed by atoms with Crippen molar-refractivity contribution in [2.75, 3.05) is 16.8 Å². The summed E-state index contributed by atoms with van der Waals surface area (Å²) in [6, 6.07) is -1.12. The number of β-lactam (4-membered cyclic amide) rings is 1. The van der Waals surface area contributed by atoms with Crippen LogP contribution in [0, 0.1) is 0 Å². The smallest absolute Gasteiger partial charge is 0.471 e. The number of nitrogens with one attached hydrogen (secondary N) is 3. The Hall–Kier alpha value is -3.91. The maximum absolute atomic E-state index is 13.3. The molecule has 5 rings (SSSR count). The SMILES string of the molecule is O=C(O)C1=C(CSc2cnn[nH]2)CS[C@H]2C(NC(=O)C(=NOC3C=CCC3)c3csc(NC(=O)C(F)(F)F)n3)C(=O)N12. The van der Waals surface area contributed by atoms with Crippen LogP contribution in [0.3, 0.4) is 0 Å². The van der Waals surface area contributed by atoms with E-state index in [9.17, 15) is 37.5 Å². The second kappa shape index (κ2) is 12.1. The fraction of sp³-hybridized carbons (Fsp3) is 0.364. The number of carboxylic acid groups (broad SMARTS) is 1. The number of carbonyl (C=O) groups is 4. The van der Waals surface area contributed by atoms with E-state index in [0.717, 1.165) is 11.3 Å². The van der Waals surface area contributed by atoms with Crippen molar-refractivity contribution >= 4 is 69.4 Å². The third-order valence-corrected chi connectivity index (χ3v) is 9.12. The lowest BCUT2D eigenvalue weighted by atomic mass is 10.0. The molecule has 1 aliphatic carbocycles. The molecule has 0 radical (unpaired) electrons. The lowest BCUT2D eigenvalue weighted by Gasteiger charge is -2.49. The van der Waals surface area contributed by atoms with Gasteiger partial charge in [0.2, 0.25) is 0 Å². The summed E-state index contributed by atoms with van der Waals surface area (Å²) in [4.78, 5) is 60.2. The minimum absolute atomic E-state index is 0.177. The first-order valence-electron chi connectivity index (χ1n) is 12.0. The number of rotatable bonds is 10. The van der Waals surface area contributed by atoms with E-state index in [0.29, 0.717) is 28.4 Å². The zero-order valence-electron chi connectivity index (χ0n) is 21.0. The van der Waals surface area contributed by atoms with Gasteiger partial charge in [0.15, 0.2) is 10.8 Å². The maximum atomic E-state index is 13.3. The number of anilines is 1. The van der Waals surface area contributed by atoms with Crippen LogP contribution in [0.5, 0.6) is 0 Å². The first-order valence-corrected chi connectivity index (χ1v) is 14.9. The maximum Gasteiger partial charge on any atom is 0.471 e. The van der Waals surface area contributed by atoms with Crippen molar-refractivity contribution in [2.24, 2.45) is 5.16 Å². The monoisotopic (exact) mass is 644 g/mol. The van der Waals surface area contributed by atoms with Crippen molar-refractivity contribution in [3.05, 3.63) is 40.7 Å². The Kier molecular flexibility index (Phi) is 8.55. The van der Waals surface area contributed by atoms with Gasteiger partial charge in [-0.25, -0.2) is 9.78 Å². The number of hydrogen-bond acceptors (Lipinski definition) is 12. The van der Waals surface area contributed by atoms with Gasteiger partial charge < -0.3 is 15.3 Å². The highest BCUT2D eigenvalue weighted by Gasteiger charge is 2.54. The summed E-state index contributed by atoms with van der Waals surface area (Å²) in [5.41, 5.74) is -0.317. The number of oxime groups is 1. The molecule has 2 aliphatic heterocycles. The predicted molar refractivity (Wildman–Crippen MR) is 143 cm³/mol. The zero-order chi connectivity index (χ0) is 30.0. The average molecular weight is 645 g/mol. The highest BCUT2D eigenvalue weighted by molar-refractivity contribution is 8.01. The number of H-pyrrole nitrogens is 1. The average Bonchev–Trinajstić information content (AvgIpc) is 3.73. The largest absolute Gasteiger partial charge is 0.477 e. The minimum atomic E-state index is -5.15. The van der Waals surface area contributed by atoms with Gasteiger partial charge >= 0.3 is 18.1 Å². The standard InChI is InChI=1S/C22H19F3N8O6S3/c23-22(24,25)20(38)29-21-27-11(8-42-21)13(31-39-10-3-1-2-4-10)16(34)28-14-17(35)33-15(19(36)37)9(7-41-18(14)33)6-40-12-5-26-32-30-12/h1,3,5,8,10,14,18H,2,4,6-7H2,(H,28,34)(H,36,37)(H,26,30,32)(H,27,29,38)/t10?,14?,18-/m0/s1. The number of aromatic amines is 1. The van der Waals surface area contributed by atoms with Crippen LogP contribution >= 0.6 is 34.9 Å². The number of carboxylic acids is 1. The van der Waals surface area contributed by atoms with Gasteiger partial charge in [0.05, 0.1) is 6.20 Å². The fourth-order valence-corrected chi connectivity index (χ4v) is 7.01.